The Hall–Kier alpha value is -4.32. The van der Waals surface area contributed by atoms with E-state index in [9.17, 15) is 0 Å². The second-order valence-corrected chi connectivity index (χ2v) is 15.5. The van der Waals surface area contributed by atoms with Crippen molar-refractivity contribution in [2.45, 2.75) is 39.3 Å². The van der Waals surface area contributed by atoms with E-state index in [0.29, 0.717) is 0 Å². The Labute approximate surface area is 341 Å². The van der Waals surface area contributed by atoms with Crippen LogP contribution in [0.4, 0.5) is 0 Å². The molecular weight excluding hydrogens is 668 g/mol. The van der Waals surface area contributed by atoms with Crippen molar-refractivity contribution in [2.75, 3.05) is 40.0 Å². The third-order valence-electron chi connectivity index (χ3n) is 10.8. The number of nitrogens with one attached hydrogen (secondary N) is 6. The van der Waals surface area contributed by atoms with E-state index in [1.165, 1.54) is 73.4 Å². The van der Waals surface area contributed by atoms with Gasteiger partial charge in [0.05, 0.1) is 0 Å². The molecule has 8 rings (SSSR count). The molecule has 0 aliphatic carbocycles. The van der Waals surface area contributed by atoms with E-state index in [0.717, 1.165) is 39.3 Å². The summed E-state index contributed by atoms with van der Waals surface area (Å²) >= 11 is 0. The molecule has 0 bridgehead atoms. The molecule has 0 unspecified atom stereocenters. The first-order chi connectivity index (χ1) is 26.7. The zero-order valence-corrected chi connectivity index (χ0v) is 32.8. The van der Waals surface area contributed by atoms with Gasteiger partial charge in [-0.25, -0.2) is 29.4 Å². The van der Waals surface area contributed by atoms with Crippen LogP contribution in [0.3, 0.4) is 0 Å². The first-order valence-corrected chi connectivity index (χ1v) is 19.9. The smallest absolute Gasteiger partial charge is 0.238 e. The zero-order valence-electron chi connectivity index (χ0n) is 32.8. The summed E-state index contributed by atoms with van der Waals surface area (Å²) in [7, 11) is 0. The Balaban J connectivity index is 0.000000184. The van der Waals surface area contributed by atoms with Crippen molar-refractivity contribution in [3.8, 4) is 0 Å². The molecule has 7 heteroatoms. The van der Waals surface area contributed by atoms with E-state index in [4.69, 9.17) is 0 Å². The molecule has 2 aliphatic rings. The molecule has 0 atom stereocenters. The van der Waals surface area contributed by atoms with Gasteiger partial charge in [-0.05, 0) is 0 Å². The predicted molar refractivity (Wildman–Crippen MR) is 216 cm³/mol. The number of hydrogen-bond acceptors (Lipinski definition) is 0. The second kappa shape index (κ2) is 21.7. The molecule has 0 radical (unpaired) electrons. The Morgan fingerprint density at radius 2 is 0.345 bits per heavy atom. The molecule has 6 N–H and O–H groups in total. The van der Waals surface area contributed by atoms with Crippen LogP contribution < -0.4 is 48.3 Å². The van der Waals surface area contributed by atoms with Gasteiger partial charge < -0.3 is 0 Å². The summed E-state index contributed by atoms with van der Waals surface area (Å²) in [4.78, 5) is 10.0. The first-order valence-electron chi connectivity index (χ1n) is 19.9. The number of quaternary nitrogens is 6. The van der Waals surface area contributed by atoms with E-state index >= 15 is 0 Å². The summed E-state index contributed by atoms with van der Waals surface area (Å²) in [6.45, 7) is 13.7. The summed E-state index contributed by atoms with van der Waals surface area (Å²) in [6, 6.07) is 65.6. The summed E-state index contributed by atoms with van der Waals surface area (Å²) in [5.41, 5.74) is 8.63. The van der Waals surface area contributed by atoms with E-state index in [2.05, 4.69) is 182 Å². The van der Waals surface area contributed by atoms with Crippen molar-refractivity contribution in [2.24, 2.45) is 0 Å². The molecule has 55 heavy (non-hydrogen) atoms. The normalized spacial score (nSPS) is 22.0. The Morgan fingerprint density at radius 1 is 0.218 bits per heavy atom. The standard InChI is InChI=1S/2C24H27N3.Li/c2*1-4-10-22(11-5-1)16-25-19-26(17-23-12-6-2-7-13-23)21-27(20-25)18-24-14-8-3-9-15-24;/h2*1-15H,16-21H2;/q;;+1/p+6. The maximum Gasteiger partial charge on any atom is 1.00 e. The number of benzene rings is 6. The van der Waals surface area contributed by atoms with Gasteiger partial charge in [0.1, 0.15) is 39.3 Å². The summed E-state index contributed by atoms with van der Waals surface area (Å²) in [6.07, 6.45) is 0. The second-order valence-electron chi connectivity index (χ2n) is 15.5. The zero-order chi connectivity index (χ0) is 36.6. The maximum absolute atomic E-state index is 2.26. The van der Waals surface area contributed by atoms with Crippen LogP contribution in [0.5, 0.6) is 0 Å². The van der Waals surface area contributed by atoms with Crippen LogP contribution in [0.1, 0.15) is 33.4 Å². The molecule has 6 nitrogen and oxygen atoms in total. The Bertz CT molecular complexity index is 1520. The predicted octanol–water partition coefficient (Wildman–Crippen LogP) is -2.74. The largest absolute Gasteiger partial charge is 1.00 e. The summed E-state index contributed by atoms with van der Waals surface area (Å²) in [5.74, 6) is 0. The van der Waals surface area contributed by atoms with Gasteiger partial charge in [0.25, 0.3) is 0 Å². The van der Waals surface area contributed by atoms with Crippen LogP contribution in [-0.2, 0) is 39.3 Å². The average molecular weight is 728 g/mol. The quantitative estimate of drug-likeness (QED) is 0.0740. The van der Waals surface area contributed by atoms with Crippen molar-refractivity contribution in [3.63, 3.8) is 0 Å². The van der Waals surface area contributed by atoms with Gasteiger partial charge in [0, 0.05) is 33.4 Å². The Kier molecular flexibility index (Phi) is 15.9. The summed E-state index contributed by atoms with van der Waals surface area (Å²) in [5, 5.41) is 0. The topological polar surface area (TPSA) is 26.6 Å². The average Bonchev–Trinajstić information content (AvgIpc) is 3.20. The van der Waals surface area contributed by atoms with Crippen LogP contribution in [0.2, 0.25) is 0 Å². The molecular formula is C48H60LiN6+7. The minimum absolute atomic E-state index is 0. The van der Waals surface area contributed by atoms with Gasteiger partial charge in [-0.2, -0.15) is 0 Å². The molecule has 0 amide bonds. The molecule has 276 valence electrons. The van der Waals surface area contributed by atoms with Gasteiger partial charge in [-0.1, -0.05) is 182 Å². The first kappa shape index (κ1) is 40.3. The van der Waals surface area contributed by atoms with Gasteiger partial charge in [-0.3, -0.25) is 0 Å². The molecule has 6 aromatic carbocycles. The fraction of sp³-hybridized carbons (Fsp3) is 0.250. The van der Waals surface area contributed by atoms with Crippen LogP contribution >= 0.6 is 0 Å². The molecule has 6 aromatic rings. The van der Waals surface area contributed by atoms with Crippen LogP contribution in [0.15, 0.2) is 182 Å². The van der Waals surface area contributed by atoms with Gasteiger partial charge >= 0.3 is 18.9 Å². The van der Waals surface area contributed by atoms with Crippen LogP contribution in [0, 0.1) is 0 Å². The summed E-state index contributed by atoms with van der Waals surface area (Å²) < 4.78 is 0. The van der Waals surface area contributed by atoms with Crippen molar-refractivity contribution in [1.29, 1.82) is 0 Å². The molecule has 0 aromatic heterocycles. The fourth-order valence-electron chi connectivity index (χ4n) is 8.55. The Morgan fingerprint density at radius 3 is 0.473 bits per heavy atom. The molecule has 0 saturated carbocycles. The number of rotatable bonds is 12. The number of hydrogen-bond donors (Lipinski definition) is 6. The molecule has 2 fully saturated rings. The van der Waals surface area contributed by atoms with Crippen molar-refractivity contribution >= 4 is 0 Å². The van der Waals surface area contributed by atoms with Gasteiger partial charge in [-0.15, -0.1) is 0 Å². The van der Waals surface area contributed by atoms with E-state index in [1.54, 1.807) is 29.4 Å². The SMILES string of the molecule is [Li+].c1ccc(C[NH+]2C[NH+](Cc3ccccc3)C[NH+](Cc3ccccc3)C2)cc1.c1ccc(C[NH+]2C[NH+](Cc3ccccc3)C[NH+](Cc3ccccc3)C2)cc1. The molecule has 2 heterocycles. The van der Waals surface area contributed by atoms with Gasteiger partial charge in [0.15, 0.2) is 0 Å². The van der Waals surface area contributed by atoms with Crippen molar-refractivity contribution < 1.29 is 48.3 Å². The van der Waals surface area contributed by atoms with Crippen molar-refractivity contribution in [3.05, 3.63) is 215 Å². The van der Waals surface area contributed by atoms with E-state index < -0.39 is 0 Å². The van der Waals surface area contributed by atoms with Gasteiger partial charge in [0.2, 0.25) is 40.0 Å². The maximum atomic E-state index is 2.26. The molecule has 2 aliphatic heterocycles. The monoisotopic (exact) mass is 728 g/mol. The molecule has 0 spiro atoms. The van der Waals surface area contributed by atoms with Crippen LogP contribution in [0.25, 0.3) is 0 Å². The van der Waals surface area contributed by atoms with E-state index in [-0.39, 0.29) is 18.9 Å². The van der Waals surface area contributed by atoms with Crippen molar-refractivity contribution in [1.82, 2.24) is 0 Å². The minimum atomic E-state index is 0. The molecule has 2 saturated heterocycles. The van der Waals surface area contributed by atoms with E-state index in [1.807, 2.05) is 0 Å². The third-order valence-corrected chi connectivity index (χ3v) is 10.8. The minimum Gasteiger partial charge on any atom is -0.238 e. The fourth-order valence-corrected chi connectivity index (χ4v) is 8.55. The van der Waals surface area contributed by atoms with Crippen LogP contribution in [-0.4, -0.2) is 40.0 Å². The third kappa shape index (κ3) is 13.4.